The third-order valence-electron chi connectivity index (χ3n) is 6.74. The van der Waals surface area contributed by atoms with Crippen molar-refractivity contribution in [2.45, 2.75) is 18.3 Å². The fraction of sp³-hybridized carbons (Fsp3) is 0.333. The molecule has 1 aromatic carbocycles. The van der Waals surface area contributed by atoms with Gasteiger partial charge in [-0.15, -0.1) is 0 Å². The van der Waals surface area contributed by atoms with Crippen LogP contribution in [0.3, 0.4) is 0 Å². The first-order valence-corrected chi connectivity index (χ1v) is 10.7. The van der Waals surface area contributed by atoms with Crippen LogP contribution < -0.4 is 5.73 Å². The number of hydrogen-bond donors (Lipinski definition) is 3. The second kappa shape index (κ2) is 7.79. The number of likely N-dealkylation sites (tertiary alicyclic amines) is 1. The van der Waals surface area contributed by atoms with Gasteiger partial charge in [0, 0.05) is 54.6 Å². The Morgan fingerprint density at radius 2 is 2.03 bits per heavy atom. The van der Waals surface area contributed by atoms with E-state index in [1.165, 1.54) is 6.07 Å². The minimum Gasteiger partial charge on any atom is -0.478 e. The molecular formula is C24H24F2N4O2. The number of halogens is 2. The maximum atomic E-state index is 14.4. The monoisotopic (exact) mass is 438 g/mol. The van der Waals surface area contributed by atoms with Gasteiger partial charge in [0.15, 0.2) is 0 Å². The van der Waals surface area contributed by atoms with Crippen LogP contribution in [0.5, 0.6) is 0 Å². The van der Waals surface area contributed by atoms with Gasteiger partial charge in [0.1, 0.15) is 12.5 Å². The number of H-pyrrole nitrogens is 1. The Hall–Kier alpha value is -3.10. The van der Waals surface area contributed by atoms with Crippen LogP contribution in [0.2, 0.25) is 0 Å². The number of carboxylic acid groups (broad SMARTS) is 1. The quantitative estimate of drug-likeness (QED) is 0.550. The summed E-state index contributed by atoms with van der Waals surface area (Å²) in [7, 11) is 0. The number of nitrogens with two attached hydrogens (primary N) is 1. The van der Waals surface area contributed by atoms with Gasteiger partial charge in [-0.3, -0.25) is 9.88 Å². The topological polar surface area (TPSA) is 95.2 Å². The first-order chi connectivity index (χ1) is 15.5. The number of rotatable bonds is 6. The first kappa shape index (κ1) is 20.8. The predicted molar refractivity (Wildman–Crippen MR) is 117 cm³/mol. The van der Waals surface area contributed by atoms with Gasteiger partial charge >= 0.3 is 5.97 Å². The summed E-state index contributed by atoms with van der Waals surface area (Å²) in [6.07, 6.45) is 2.95. The molecule has 166 valence electrons. The summed E-state index contributed by atoms with van der Waals surface area (Å²) in [5.41, 5.74) is 10.6. The van der Waals surface area contributed by atoms with E-state index in [0.29, 0.717) is 49.4 Å². The number of aryl methyl sites for hydroxylation is 1. The minimum atomic E-state index is -0.999. The number of nitrogens with zero attached hydrogens (tertiary/aromatic N) is 2. The van der Waals surface area contributed by atoms with Crippen LogP contribution in [0.15, 0.2) is 36.5 Å². The van der Waals surface area contributed by atoms with E-state index in [9.17, 15) is 18.7 Å². The SMILES string of the molecule is NCC1(c2[nH]c3c(c2C(=O)O)CCc2cnc(-c4ccccc4F)cc2-3)CN(CCF)C1. The normalized spacial score (nSPS) is 16.8. The Morgan fingerprint density at radius 3 is 2.72 bits per heavy atom. The van der Waals surface area contributed by atoms with E-state index in [1.54, 1.807) is 24.4 Å². The number of hydrogen-bond acceptors (Lipinski definition) is 4. The van der Waals surface area contributed by atoms with Crippen LogP contribution in [0.25, 0.3) is 22.5 Å². The van der Waals surface area contributed by atoms with E-state index in [2.05, 4.69) is 9.97 Å². The van der Waals surface area contributed by atoms with Crippen molar-refractivity contribution < 1.29 is 18.7 Å². The van der Waals surface area contributed by atoms with Gasteiger partial charge in [-0.1, -0.05) is 12.1 Å². The number of pyridine rings is 1. The molecule has 3 aromatic rings. The van der Waals surface area contributed by atoms with Crippen LogP contribution in [0.4, 0.5) is 8.78 Å². The number of aromatic nitrogens is 2. The van der Waals surface area contributed by atoms with Crippen LogP contribution in [-0.4, -0.2) is 58.8 Å². The highest BCUT2D eigenvalue weighted by Crippen LogP contribution is 2.43. The summed E-state index contributed by atoms with van der Waals surface area (Å²) in [6, 6.07) is 8.27. The Balaban J connectivity index is 1.63. The molecule has 1 saturated heterocycles. The van der Waals surface area contributed by atoms with Crippen LogP contribution >= 0.6 is 0 Å². The number of nitrogens with one attached hydrogen (secondary N) is 1. The largest absolute Gasteiger partial charge is 0.478 e. The predicted octanol–water partition coefficient (Wildman–Crippen LogP) is 3.16. The molecule has 0 saturated carbocycles. The van der Waals surface area contributed by atoms with Crippen LogP contribution in [0, 0.1) is 5.82 Å². The van der Waals surface area contributed by atoms with Gasteiger partial charge in [-0.2, -0.15) is 0 Å². The molecule has 2 aliphatic rings. The fourth-order valence-electron chi connectivity index (χ4n) is 5.12. The molecule has 1 fully saturated rings. The summed E-state index contributed by atoms with van der Waals surface area (Å²) >= 11 is 0. The molecule has 0 amide bonds. The molecule has 0 atom stereocenters. The molecule has 6 nitrogen and oxygen atoms in total. The smallest absolute Gasteiger partial charge is 0.337 e. The zero-order valence-corrected chi connectivity index (χ0v) is 17.5. The average molecular weight is 438 g/mol. The molecule has 2 aromatic heterocycles. The Kier molecular flexibility index (Phi) is 5.06. The number of carbonyl (C=O) groups is 1. The zero-order chi connectivity index (χ0) is 22.5. The molecule has 5 rings (SSSR count). The van der Waals surface area contributed by atoms with Gasteiger partial charge in [-0.25, -0.2) is 13.6 Å². The van der Waals surface area contributed by atoms with Gasteiger partial charge in [0.05, 0.1) is 17.0 Å². The maximum Gasteiger partial charge on any atom is 0.337 e. The van der Waals surface area contributed by atoms with Crippen molar-refractivity contribution in [3.8, 4) is 22.5 Å². The van der Waals surface area contributed by atoms with Crippen molar-refractivity contribution in [1.29, 1.82) is 0 Å². The molecule has 0 spiro atoms. The third-order valence-corrected chi connectivity index (χ3v) is 6.74. The molecule has 1 aliphatic heterocycles. The number of alkyl halides is 1. The van der Waals surface area contributed by atoms with E-state index < -0.39 is 18.1 Å². The Labute approximate surface area is 184 Å². The van der Waals surface area contributed by atoms with Gasteiger partial charge in [0.2, 0.25) is 0 Å². The molecule has 0 bridgehead atoms. The number of aromatic carboxylic acids is 1. The maximum absolute atomic E-state index is 14.4. The van der Waals surface area contributed by atoms with Crippen molar-refractivity contribution >= 4 is 5.97 Å². The number of fused-ring (bicyclic) bond motifs is 3. The van der Waals surface area contributed by atoms with Gasteiger partial charge < -0.3 is 15.8 Å². The van der Waals surface area contributed by atoms with Crippen molar-refractivity contribution in [2.75, 3.05) is 32.9 Å². The molecular weight excluding hydrogens is 414 g/mol. The highest BCUT2D eigenvalue weighted by atomic mass is 19.1. The van der Waals surface area contributed by atoms with Gasteiger partial charge in [-0.05, 0) is 42.2 Å². The number of benzene rings is 1. The van der Waals surface area contributed by atoms with Crippen LogP contribution in [-0.2, 0) is 18.3 Å². The Morgan fingerprint density at radius 1 is 1.25 bits per heavy atom. The number of carboxylic acids is 1. The van der Waals surface area contributed by atoms with Crippen molar-refractivity contribution in [3.63, 3.8) is 0 Å². The fourth-order valence-corrected chi connectivity index (χ4v) is 5.12. The van der Waals surface area contributed by atoms with Crippen molar-refractivity contribution in [1.82, 2.24) is 14.9 Å². The van der Waals surface area contributed by atoms with E-state index in [-0.39, 0.29) is 17.9 Å². The summed E-state index contributed by atoms with van der Waals surface area (Å²) < 4.78 is 27.1. The second-order valence-corrected chi connectivity index (χ2v) is 8.62. The lowest BCUT2D eigenvalue weighted by Crippen LogP contribution is -2.63. The van der Waals surface area contributed by atoms with E-state index in [1.807, 2.05) is 11.0 Å². The summed E-state index contributed by atoms with van der Waals surface area (Å²) in [6.45, 7) is 1.14. The molecule has 4 N–H and O–H groups in total. The lowest BCUT2D eigenvalue weighted by Gasteiger charge is -2.49. The van der Waals surface area contributed by atoms with Crippen LogP contribution in [0.1, 0.15) is 27.2 Å². The lowest BCUT2D eigenvalue weighted by molar-refractivity contribution is 0.0573. The Bertz CT molecular complexity index is 1200. The summed E-state index contributed by atoms with van der Waals surface area (Å²) in [5.74, 6) is -1.36. The van der Waals surface area contributed by atoms with Gasteiger partial charge in [0.25, 0.3) is 0 Å². The molecule has 3 heterocycles. The minimum absolute atomic E-state index is 0.263. The lowest BCUT2D eigenvalue weighted by atomic mass is 9.74. The number of aromatic amines is 1. The molecule has 8 heteroatoms. The highest BCUT2D eigenvalue weighted by Gasteiger charge is 2.47. The zero-order valence-electron chi connectivity index (χ0n) is 17.5. The summed E-state index contributed by atoms with van der Waals surface area (Å²) in [4.78, 5) is 22.1. The van der Waals surface area contributed by atoms with Crippen molar-refractivity contribution in [2.24, 2.45) is 5.73 Å². The van der Waals surface area contributed by atoms with Crippen molar-refractivity contribution in [3.05, 3.63) is 64.7 Å². The highest BCUT2D eigenvalue weighted by molar-refractivity contribution is 5.95. The molecule has 32 heavy (non-hydrogen) atoms. The summed E-state index contributed by atoms with van der Waals surface area (Å²) in [5, 5.41) is 10.1. The first-order valence-electron chi connectivity index (χ1n) is 10.7. The average Bonchev–Trinajstić information content (AvgIpc) is 3.16. The second-order valence-electron chi connectivity index (χ2n) is 8.62. The van der Waals surface area contributed by atoms with E-state index >= 15 is 0 Å². The van der Waals surface area contributed by atoms with E-state index in [0.717, 1.165) is 22.4 Å². The third kappa shape index (κ3) is 3.13. The van der Waals surface area contributed by atoms with E-state index in [4.69, 9.17) is 5.73 Å². The standard InChI is InChI=1S/C24H24F2N4O2/c25-7-8-30-12-24(11-27,13-30)22-20(23(31)32)16-6-5-14-10-28-19(9-17(14)21(16)29-22)15-3-1-2-4-18(15)26/h1-4,9-10,29H,5-8,11-13,27H2,(H,31,32). The molecule has 1 aliphatic carbocycles. The molecule has 0 radical (unpaired) electrons. The molecule has 0 unspecified atom stereocenters.